The summed E-state index contributed by atoms with van der Waals surface area (Å²) in [6, 6.07) is 10.1. The van der Waals surface area contributed by atoms with Crippen molar-refractivity contribution in [2.45, 2.75) is 51.2 Å². The number of carbonyl (C=O) groups is 1. The summed E-state index contributed by atoms with van der Waals surface area (Å²) in [6.07, 6.45) is 10.3. The second-order valence-corrected chi connectivity index (χ2v) is 9.14. The summed E-state index contributed by atoms with van der Waals surface area (Å²) >= 11 is 0. The second-order valence-electron chi connectivity index (χ2n) is 9.14. The van der Waals surface area contributed by atoms with Gasteiger partial charge in [-0.15, -0.1) is 0 Å². The van der Waals surface area contributed by atoms with Crippen LogP contribution in [0.4, 0.5) is 5.82 Å². The Morgan fingerprint density at radius 3 is 2.91 bits per heavy atom. The number of furan rings is 1. The number of hydrogen-bond donors (Lipinski definition) is 2. The van der Waals surface area contributed by atoms with Gasteiger partial charge >= 0.3 is 0 Å². The van der Waals surface area contributed by atoms with Crippen LogP contribution in [0.1, 0.15) is 48.1 Å². The Kier molecular flexibility index (Phi) is 5.47. The van der Waals surface area contributed by atoms with E-state index in [1.807, 2.05) is 43.5 Å². The summed E-state index contributed by atoms with van der Waals surface area (Å²) in [7, 11) is 1.80. The highest BCUT2D eigenvalue weighted by Gasteiger charge is 2.35. The molecule has 0 unspecified atom stereocenters. The smallest absolute Gasteiger partial charge is 0.246 e. The molecule has 1 aliphatic heterocycles. The van der Waals surface area contributed by atoms with Crippen LogP contribution < -0.4 is 10.6 Å². The van der Waals surface area contributed by atoms with Crippen molar-refractivity contribution < 1.29 is 9.21 Å². The normalized spacial score (nSPS) is 17.4. The molecule has 2 aromatic heterocycles. The summed E-state index contributed by atoms with van der Waals surface area (Å²) in [4.78, 5) is 19.0. The topological polar surface area (TPSA) is 70.4 Å². The zero-order valence-electron chi connectivity index (χ0n) is 18.8. The fraction of sp³-hybridized carbons (Fsp3) is 0.385. The van der Waals surface area contributed by atoms with E-state index in [4.69, 9.17) is 4.42 Å². The van der Waals surface area contributed by atoms with Crippen molar-refractivity contribution in [3.8, 4) is 0 Å². The van der Waals surface area contributed by atoms with Gasteiger partial charge in [-0.2, -0.15) is 0 Å². The van der Waals surface area contributed by atoms with Gasteiger partial charge in [0.25, 0.3) is 0 Å². The molecule has 166 valence electrons. The number of para-hydroxylation sites is 1. The number of rotatable bonds is 4. The molecule has 1 spiro atoms. The predicted octanol–water partition coefficient (Wildman–Crippen LogP) is 4.64. The molecule has 1 fully saturated rings. The molecular formula is C26H30N4O2. The van der Waals surface area contributed by atoms with Crippen molar-refractivity contribution in [1.82, 2.24) is 15.2 Å². The average molecular weight is 431 g/mol. The Bertz CT molecular complexity index is 1170. The van der Waals surface area contributed by atoms with Gasteiger partial charge in [0.15, 0.2) is 0 Å². The van der Waals surface area contributed by atoms with E-state index in [0.717, 1.165) is 52.3 Å². The van der Waals surface area contributed by atoms with E-state index >= 15 is 0 Å². The van der Waals surface area contributed by atoms with Gasteiger partial charge in [-0.1, -0.05) is 31.0 Å². The first-order chi connectivity index (χ1) is 15.5. The zero-order chi connectivity index (χ0) is 22.1. The largest absolute Gasteiger partial charge is 0.459 e. The molecule has 1 aliphatic carbocycles. The molecule has 0 atom stereocenters. The Morgan fingerprint density at radius 1 is 1.28 bits per heavy atom. The van der Waals surface area contributed by atoms with Crippen molar-refractivity contribution >= 4 is 28.8 Å². The van der Waals surface area contributed by atoms with Crippen LogP contribution >= 0.6 is 0 Å². The highest BCUT2D eigenvalue weighted by Crippen LogP contribution is 2.33. The van der Waals surface area contributed by atoms with Gasteiger partial charge in [-0.05, 0) is 43.5 Å². The predicted molar refractivity (Wildman–Crippen MR) is 127 cm³/mol. The first-order valence-electron chi connectivity index (χ1n) is 11.4. The number of fused-ring (bicyclic) bond motifs is 2. The number of pyridine rings is 1. The summed E-state index contributed by atoms with van der Waals surface area (Å²) in [6.45, 7) is 4.19. The van der Waals surface area contributed by atoms with Gasteiger partial charge in [0.1, 0.15) is 17.2 Å². The average Bonchev–Trinajstić information content (AvgIpc) is 3.34. The Balaban J connectivity index is 1.25. The Hall–Kier alpha value is -3.12. The van der Waals surface area contributed by atoms with Crippen LogP contribution in [-0.4, -0.2) is 34.9 Å². The SMILES string of the molecule is Cc1c(CN(C)C(=O)C=Cc2cnc3c(c2)CNC2(CCCC2)CN3)oc2ccccc12. The molecule has 0 saturated heterocycles. The maximum absolute atomic E-state index is 12.7. The van der Waals surface area contributed by atoms with Gasteiger partial charge in [-0.25, -0.2) is 4.98 Å². The number of benzene rings is 1. The van der Waals surface area contributed by atoms with Gasteiger partial charge in [0.2, 0.25) is 5.91 Å². The number of nitrogens with zero attached hydrogens (tertiary/aromatic N) is 2. The molecule has 5 rings (SSSR count). The highest BCUT2D eigenvalue weighted by atomic mass is 16.3. The van der Waals surface area contributed by atoms with E-state index in [1.165, 1.54) is 25.7 Å². The molecule has 3 aromatic rings. The molecule has 32 heavy (non-hydrogen) atoms. The third-order valence-electron chi connectivity index (χ3n) is 6.91. The Morgan fingerprint density at radius 2 is 2.09 bits per heavy atom. The third-order valence-corrected chi connectivity index (χ3v) is 6.91. The number of aryl methyl sites for hydroxylation is 1. The van der Waals surface area contributed by atoms with Crippen LogP contribution in [0, 0.1) is 6.92 Å². The lowest BCUT2D eigenvalue weighted by molar-refractivity contribution is -0.125. The number of hydrogen-bond acceptors (Lipinski definition) is 5. The lowest BCUT2D eigenvalue weighted by Crippen LogP contribution is -2.46. The van der Waals surface area contributed by atoms with Gasteiger partial charge in [0, 0.05) is 54.5 Å². The number of carbonyl (C=O) groups excluding carboxylic acids is 1. The van der Waals surface area contributed by atoms with Crippen LogP contribution in [0.3, 0.4) is 0 Å². The number of aromatic nitrogens is 1. The zero-order valence-corrected chi connectivity index (χ0v) is 18.8. The lowest BCUT2D eigenvalue weighted by atomic mass is 9.98. The van der Waals surface area contributed by atoms with Crippen LogP contribution in [0.25, 0.3) is 17.0 Å². The molecule has 2 aliphatic rings. The fourth-order valence-electron chi connectivity index (χ4n) is 4.88. The van der Waals surface area contributed by atoms with Crippen LogP contribution in [-0.2, 0) is 17.9 Å². The molecule has 1 aromatic carbocycles. The first kappa shape index (κ1) is 20.8. The van der Waals surface area contributed by atoms with Crippen molar-refractivity contribution in [1.29, 1.82) is 0 Å². The van der Waals surface area contributed by atoms with E-state index in [0.29, 0.717) is 6.54 Å². The molecule has 6 nitrogen and oxygen atoms in total. The van der Waals surface area contributed by atoms with Crippen LogP contribution in [0.2, 0.25) is 0 Å². The minimum atomic E-state index is -0.0686. The minimum Gasteiger partial charge on any atom is -0.459 e. The van der Waals surface area contributed by atoms with Crippen molar-refractivity contribution in [2.75, 3.05) is 18.9 Å². The van der Waals surface area contributed by atoms with Gasteiger partial charge in [-0.3, -0.25) is 4.79 Å². The molecular weight excluding hydrogens is 400 g/mol. The van der Waals surface area contributed by atoms with Crippen molar-refractivity contribution in [2.24, 2.45) is 0 Å². The molecule has 6 heteroatoms. The summed E-state index contributed by atoms with van der Waals surface area (Å²) in [5.74, 6) is 1.70. The van der Waals surface area contributed by atoms with Gasteiger partial charge < -0.3 is 20.0 Å². The number of anilines is 1. The van der Waals surface area contributed by atoms with Gasteiger partial charge in [0.05, 0.1) is 6.54 Å². The highest BCUT2D eigenvalue weighted by molar-refractivity contribution is 5.91. The molecule has 1 saturated carbocycles. The molecule has 2 N–H and O–H groups in total. The van der Waals surface area contributed by atoms with E-state index < -0.39 is 0 Å². The molecule has 0 radical (unpaired) electrons. The van der Waals surface area contributed by atoms with E-state index in [2.05, 4.69) is 21.7 Å². The minimum absolute atomic E-state index is 0.0686. The second kappa shape index (κ2) is 8.43. The molecule has 3 heterocycles. The summed E-state index contributed by atoms with van der Waals surface area (Å²) < 4.78 is 5.95. The molecule has 1 amide bonds. The fourth-order valence-corrected chi connectivity index (χ4v) is 4.88. The van der Waals surface area contributed by atoms with E-state index in [9.17, 15) is 4.79 Å². The monoisotopic (exact) mass is 430 g/mol. The number of amides is 1. The standard InChI is InChI=1S/C26H30N4O2/c1-18-21-7-3-4-8-22(21)32-23(18)16-30(2)24(31)10-9-19-13-20-15-29-26(11-5-6-12-26)17-28-25(20)27-14-19/h3-4,7-10,13-14,29H,5-6,11-12,15-17H2,1-2H3,(H,27,28). The number of likely N-dealkylation sites (N-methyl/N-ethyl adjacent to an activating group) is 1. The summed E-state index contributed by atoms with van der Waals surface area (Å²) in [5.41, 5.74) is 4.21. The first-order valence-corrected chi connectivity index (χ1v) is 11.4. The van der Waals surface area contributed by atoms with E-state index in [-0.39, 0.29) is 11.4 Å². The maximum Gasteiger partial charge on any atom is 0.246 e. The molecule has 0 bridgehead atoms. The van der Waals surface area contributed by atoms with E-state index in [1.54, 1.807) is 18.0 Å². The maximum atomic E-state index is 12.7. The van der Waals surface area contributed by atoms with Crippen LogP contribution in [0.5, 0.6) is 0 Å². The summed E-state index contributed by atoms with van der Waals surface area (Å²) in [5, 5.41) is 8.38. The lowest BCUT2D eigenvalue weighted by Gasteiger charge is -2.28. The van der Waals surface area contributed by atoms with Crippen molar-refractivity contribution in [3.05, 3.63) is 65.1 Å². The third kappa shape index (κ3) is 4.02. The quantitative estimate of drug-likeness (QED) is 0.591. The number of nitrogens with one attached hydrogen (secondary N) is 2. The van der Waals surface area contributed by atoms with Crippen LogP contribution in [0.15, 0.2) is 47.0 Å². The van der Waals surface area contributed by atoms with Crippen molar-refractivity contribution in [3.63, 3.8) is 0 Å². The Labute approximate surface area is 188 Å².